The van der Waals surface area contributed by atoms with E-state index in [0.29, 0.717) is 0 Å². The predicted octanol–water partition coefficient (Wildman–Crippen LogP) is -4.95. The second-order valence-corrected chi connectivity index (χ2v) is 0. The van der Waals surface area contributed by atoms with Crippen LogP contribution in [-0.4, -0.2) is 32.9 Å². The van der Waals surface area contributed by atoms with Crippen LogP contribution in [0.3, 0.4) is 0 Å². The van der Waals surface area contributed by atoms with Gasteiger partial charge in [0.1, 0.15) is 0 Å². The van der Waals surface area contributed by atoms with E-state index in [-0.39, 0.29) is 71.0 Å². The molecule has 0 saturated heterocycles. The summed E-state index contributed by atoms with van der Waals surface area (Å²) in [6.07, 6.45) is 0. The van der Waals surface area contributed by atoms with Crippen LogP contribution in [0.15, 0.2) is 0 Å². The third-order valence-electron chi connectivity index (χ3n) is 0. The van der Waals surface area contributed by atoms with E-state index < -0.39 is 0 Å². The maximum absolute atomic E-state index is 0. The Kier molecular flexibility index (Phi) is 12800. The van der Waals surface area contributed by atoms with E-state index in [2.05, 4.69) is 0 Å². The normalized spacial score (nSPS) is 0. The Hall–Kier alpha value is 1.03. The van der Waals surface area contributed by atoms with Gasteiger partial charge >= 0.3 is 0 Å². The van der Waals surface area contributed by atoms with E-state index in [0.717, 1.165) is 0 Å². The Labute approximate surface area is 70.8 Å². The van der Waals surface area contributed by atoms with Crippen molar-refractivity contribution in [3.63, 3.8) is 0 Å². The summed E-state index contributed by atoms with van der Waals surface area (Å²) in [5, 5.41) is 0. The monoisotopic (exact) mass is 272 g/mol. The van der Waals surface area contributed by atoms with Crippen molar-refractivity contribution >= 4 is 0 Å². The molecule has 0 aliphatic carbocycles. The molecular formula is H12DyO6. The molecule has 0 amide bonds. The first-order valence-corrected chi connectivity index (χ1v) is 0. The number of hydrogen-bond donors (Lipinski definition) is 0. The molecule has 0 aliphatic heterocycles. The smallest absolute Gasteiger partial charge is 0 e. The minimum absolute atomic E-state index is 0. The van der Waals surface area contributed by atoms with E-state index >= 15 is 0 Å². The van der Waals surface area contributed by atoms with Crippen molar-refractivity contribution in [2.45, 2.75) is 0 Å². The van der Waals surface area contributed by atoms with Gasteiger partial charge in [0.05, 0.1) is 0 Å². The first-order chi connectivity index (χ1) is 0. The molecule has 0 aromatic carbocycles. The number of hydrogen-bond acceptors (Lipinski definition) is 0. The molecule has 0 saturated carbocycles. The molecule has 7 heteroatoms. The zero-order valence-electron chi connectivity index (χ0n) is 3.32. The van der Waals surface area contributed by atoms with Gasteiger partial charge in [-0.05, 0) is 0 Å². The molecule has 0 atom stereocenters. The van der Waals surface area contributed by atoms with E-state index in [1.165, 1.54) is 0 Å². The summed E-state index contributed by atoms with van der Waals surface area (Å²) in [6.45, 7) is 0. The van der Waals surface area contributed by atoms with Gasteiger partial charge in [-0.25, -0.2) is 0 Å². The van der Waals surface area contributed by atoms with Crippen LogP contribution in [0.5, 0.6) is 0 Å². The van der Waals surface area contributed by atoms with Crippen molar-refractivity contribution < 1.29 is 71.0 Å². The molecule has 0 spiro atoms. The summed E-state index contributed by atoms with van der Waals surface area (Å²) >= 11 is 0. The summed E-state index contributed by atoms with van der Waals surface area (Å²) in [6, 6.07) is 0. The topological polar surface area (TPSA) is 189 Å². The summed E-state index contributed by atoms with van der Waals surface area (Å²) in [5.41, 5.74) is 0. The Morgan fingerprint density at radius 3 is 0.286 bits per heavy atom. The van der Waals surface area contributed by atoms with Crippen LogP contribution in [0.1, 0.15) is 0 Å². The average molecular weight is 271 g/mol. The Morgan fingerprint density at radius 2 is 0.286 bits per heavy atom. The molecule has 0 aromatic rings. The second kappa shape index (κ2) is 240. The van der Waals surface area contributed by atoms with Crippen molar-refractivity contribution in [2.24, 2.45) is 0 Å². The van der Waals surface area contributed by atoms with Crippen molar-refractivity contribution in [2.75, 3.05) is 0 Å². The van der Waals surface area contributed by atoms with Gasteiger partial charge in [0.25, 0.3) is 0 Å². The maximum Gasteiger partial charge on any atom is 0 e. The molecule has 0 unspecified atom stereocenters. The van der Waals surface area contributed by atoms with Gasteiger partial charge < -0.3 is 32.9 Å². The quantitative estimate of drug-likeness (QED) is 0.408. The summed E-state index contributed by atoms with van der Waals surface area (Å²) in [5.74, 6) is 0. The molecular weight excluding hydrogens is 258 g/mol. The molecule has 0 aromatic heterocycles. The fraction of sp³-hybridized carbons (Fsp3) is 0. The largest absolute Gasteiger partial charge is 0.412 e. The number of rotatable bonds is 0. The van der Waals surface area contributed by atoms with Crippen LogP contribution in [-0.2, 0) is 0 Å². The van der Waals surface area contributed by atoms with Crippen LogP contribution >= 0.6 is 0 Å². The molecule has 0 aliphatic rings. The molecule has 0 bridgehead atoms. The molecule has 12 N–H and O–H groups in total. The zero-order valence-corrected chi connectivity index (χ0v) is 5.35. The molecule has 0 heterocycles. The molecule has 7 heavy (non-hydrogen) atoms. The molecule has 0 rings (SSSR count). The third kappa shape index (κ3) is 167. The zero-order chi connectivity index (χ0) is 0. The summed E-state index contributed by atoms with van der Waals surface area (Å²) in [7, 11) is 0. The molecule has 0 fully saturated rings. The van der Waals surface area contributed by atoms with Crippen LogP contribution in [0, 0.1) is 38.2 Å². The summed E-state index contributed by atoms with van der Waals surface area (Å²) in [4.78, 5) is 0. The Balaban J connectivity index is 0. The Bertz CT molecular complexity index is 4.14. The van der Waals surface area contributed by atoms with Gasteiger partial charge in [0.15, 0.2) is 0 Å². The van der Waals surface area contributed by atoms with Gasteiger partial charge in [-0.1, -0.05) is 0 Å². The SMILES string of the molecule is O.O.O.O.O.O.[Dy]. The van der Waals surface area contributed by atoms with Gasteiger partial charge in [-0.3, -0.25) is 0 Å². The van der Waals surface area contributed by atoms with Crippen molar-refractivity contribution in [1.29, 1.82) is 0 Å². The van der Waals surface area contributed by atoms with Crippen LogP contribution in [0.25, 0.3) is 0 Å². The van der Waals surface area contributed by atoms with Crippen LogP contribution < -0.4 is 0 Å². The predicted molar refractivity (Wildman–Crippen MR) is 21.7 cm³/mol. The van der Waals surface area contributed by atoms with Crippen molar-refractivity contribution in [1.82, 2.24) is 0 Å². The molecule has 58 valence electrons. The van der Waals surface area contributed by atoms with E-state index in [1.54, 1.807) is 0 Å². The third-order valence-corrected chi connectivity index (χ3v) is 0. The van der Waals surface area contributed by atoms with Crippen molar-refractivity contribution in [3.8, 4) is 0 Å². The standard InChI is InChI=1S/Dy.6H2O/h;6*1H2. The van der Waals surface area contributed by atoms with Gasteiger partial charge in [0, 0.05) is 38.2 Å². The first-order valence-electron chi connectivity index (χ1n) is 0. The second-order valence-electron chi connectivity index (χ2n) is 0. The van der Waals surface area contributed by atoms with Gasteiger partial charge in [0.2, 0.25) is 0 Å². The van der Waals surface area contributed by atoms with E-state index in [4.69, 9.17) is 0 Å². The Morgan fingerprint density at radius 1 is 0.286 bits per heavy atom. The average Bonchev–Trinajstić information content (AvgIpc) is 0. The van der Waals surface area contributed by atoms with Gasteiger partial charge in [-0.2, -0.15) is 0 Å². The fourth-order valence-corrected chi connectivity index (χ4v) is 0. The van der Waals surface area contributed by atoms with E-state index in [9.17, 15) is 0 Å². The van der Waals surface area contributed by atoms with Crippen LogP contribution in [0.4, 0.5) is 0 Å². The molecule has 6 nitrogen and oxygen atoms in total. The summed E-state index contributed by atoms with van der Waals surface area (Å²) < 4.78 is 0. The van der Waals surface area contributed by atoms with Gasteiger partial charge in [-0.15, -0.1) is 0 Å². The van der Waals surface area contributed by atoms with Crippen LogP contribution in [0.2, 0.25) is 0 Å². The molecule has 0 radical (unpaired) electrons. The minimum atomic E-state index is 0. The fourth-order valence-electron chi connectivity index (χ4n) is 0. The minimum Gasteiger partial charge on any atom is -0.412 e. The first kappa shape index (κ1) is 373. The maximum atomic E-state index is 0. The van der Waals surface area contributed by atoms with E-state index in [1.807, 2.05) is 0 Å². The van der Waals surface area contributed by atoms with Crippen molar-refractivity contribution in [3.05, 3.63) is 0 Å².